The maximum Gasteiger partial charge on any atom is 0.327 e. The summed E-state index contributed by atoms with van der Waals surface area (Å²) in [6, 6.07) is 4.29. The highest BCUT2D eigenvalue weighted by atomic mass is 16.5. The number of imide groups is 1. The van der Waals surface area contributed by atoms with Crippen LogP contribution in [0.5, 0.6) is 5.75 Å². The van der Waals surface area contributed by atoms with Crippen molar-refractivity contribution in [2.75, 3.05) is 34.3 Å². The second kappa shape index (κ2) is 6.84. The molecule has 1 aromatic carbocycles. The van der Waals surface area contributed by atoms with Crippen LogP contribution in [0.4, 0.5) is 4.79 Å². The van der Waals surface area contributed by atoms with Crippen LogP contribution in [0.2, 0.25) is 0 Å². The third-order valence-corrected chi connectivity index (χ3v) is 5.82. The standard InChI is InChI=1S/C19H25N3O5/c1-12-5-6-14(27-4)13(11-12)15(16(23)24)22-9-7-19(8-10-22)17(25)20(2)18(26)21(19)3/h5-6,11,15H,7-10H2,1-4H3,(H,23,24). The highest BCUT2D eigenvalue weighted by Gasteiger charge is 2.56. The molecule has 0 saturated carbocycles. The Balaban J connectivity index is 1.88. The second-order valence-electron chi connectivity index (χ2n) is 7.26. The zero-order valence-corrected chi connectivity index (χ0v) is 16.1. The van der Waals surface area contributed by atoms with Gasteiger partial charge in [-0.15, -0.1) is 0 Å². The van der Waals surface area contributed by atoms with Crippen molar-refractivity contribution in [2.45, 2.75) is 31.3 Å². The van der Waals surface area contributed by atoms with Gasteiger partial charge in [-0.25, -0.2) is 4.79 Å². The van der Waals surface area contributed by atoms with Crippen LogP contribution in [0.3, 0.4) is 0 Å². The Hall–Kier alpha value is -2.61. The Kier molecular flexibility index (Phi) is 4.86. The van der Waals surface area contributed by atoms with Crippen molar-refractivity contribution in [3.63, 3.8) is 0 Å². The molecule has 0 radical (unpaired) electrons. The molecule has 0 bridgehead atoms. The van der Waals surface area contributed by atoms with Gasteiger partial charge in [-0.05, 0) is 25.8 Å². The predicted molar refractivity (Wildman–Crippen MR) is 97.6 cm³/mol. The van der Waals surface area contributed by atoms with E-state index < -0.39 is 17.6 Å². The smallest absolute Gasteiger partial charge is 0.327 e. The summed E-state index contributed by atoms with van der Waals surface area (Å²) in [6.07, 6.45) is 0.798. The van der Waals surface area contributed by atoms with Crippen molar-refractivity contribution in [2.24, 2.45) is 0 Å². The summed E-state index contributed by atoms with van der Waals surface area (Å²) in [5, 5.41) is 9.90. The molecule has 3 rings (SSSR count). The van der Waals surface area contributed by atoms with Gasteiger partial charge in [0.25, 0.3) is 5.91 Å². The van der Waals surface area contributed by atoms with Crippen LogP contribution < -0.4 is 4.74 Å². The molecule has 1 spiro atoms. The minimum absolute atomic E-state index is 0.213. The number of aryl methyl sites for hydroxylation is 1. The lowest BCUT2D eigenvalue weighted by Gasteiger charge is -2.42. The number of piperidine rings is 1. The highest BCUT2D eigenvalue weighted by molar-refractivity contribution is 6.06. The fourth-order valence-electron chi connectivity index (χ4n) is 4.21. The van der Waals surface area contributed by atoms with E-state index in [-0.39, 0.29) is 11.9 Å². The lowest BCUT2D eigenvalue weighted by Crippen LogP contribution is -2.56. The number of benzene rings is 1. The Morgan fingerprint density at radius 2 is 1.85 bits per heavy atom. The molecular formula is C19H25N3O5. The van der Waals surface area contributed by atoms with E-state index in [0.29, 0.717) is 37.2 Å². The van der Waals surface area contributed by atoms with Crippen molar-refractivity contribution in [3.05, 3.63) is 29.3 Å². The maximum absolute atomic E-state index is 12.6. The van der Waals surface area contributed by atoms with E-state index in [9.17, 15) is 19.5 Å². The van der Waals surface area contributed by atoms with Gasteiger partial charge >= 0.3 is 12.0 Å². The Labute approximate surface area is 158 Å². The predicted octanol–water partition coefficient (Wildman–Crippen LogP) is 1.49. The third-order valence-electron chi connectivity index (χ3n) is 5.82. The number of hydrogen-bond donors (Lipinski definition) is 1. The van der Waals surface area contributed by atoms with Crippen LogP contribution >= 0.6 is 0 Å². The van der Waals surface area contributed by atoms with Gasteiger partial charge in [0.1, 0.15) is 17.3 Å². The van der Waals surface area contributed by atoms with Crippen molar-refractivity contribution < 1.29 is 24.2 Å². The SMILES string of the molecule is COc1ccc(C)cc1C(C(=O)O)N1CCC2(CC1)C(=O)N(C)C(=O)N2C. The van der Waals surface area contributed by atoms with Crippen LogP contribution in [0, 0.1) is 6.92 Å². The summed E-state index contributed by atoms with van der Waals surface area (Å²) in [4.78, 5) is 41.4. The summed E-state index contributed by atoms with van der Waals surface area (Å²) < 4.78 is 5.37. The summed E-state index contributed by atoms with van der Waals surface area (Å²) >= 11 is 0. The molecule has 27 heavy (non-hydrogen) atoms. The zero-order chi connectivity index (χ0) is 19.9. The number of nitrogens with zero attached hydrogens (tertiary/aromatic N) is 3. The molecule has 1 atom stereocenters. The molecule has 2 saturated heterocycles. The van der Waals surface area contributed by atoms with E-state index in [1.54, 1.807) is 13.1 Å². The number of amides is 3. The molecule has 0 aromatic heterocycles. The number of likely N-dealkylation sites (N-methyl/N-ethyl adjacent to an activating group) is 2. The largest absolute Gasteiger partial charge is 0.496 e. The summed E-state index contributed by atoms with van der Waals surface area (Å²) in [5.41, 5.74) is 0.672. The Morgan fingerprint density at radius 3 is 2.33 bits per heavy atom. The normalized spacial score (nSPS) is 21.0. The van der Waals surface area contributed by atoms with Crippen LogP contribution in [0.25, 0.3) is 0 Å². The molecule has 2 fully saturated rings. The fraction of sp³-hybridized carbons (Fsp3) is 0.526. The molecule has 1 N–H and O–H groups in total. The molecule has 1 unspecified atom stereocenters. The first-order valence-electron chi connectivity index (χ1n) is 8.90. The number of carboxylic acid groups (broad SMARTS) is 1. The van der Waals surface area contributed by atoms with E-state index >= 15 is 0 Å². The summed E-state index contributed by atoms with van der Waals surface area (Å²) in [6.45, 7) is 2.69. The number of ether oxygens (including phenoxy) is 1. The van der Waals surface area contributed by atoms with Crippen molar-refractivity contribution >= 4 is 17.9 Å². The quantitative estimate of drug-likeness (QED) is 0.802. The first kappa shape index (κ1) is 19.2. The molecular weight excluding hydrogens is 350 g/mol. The molecule has 8 heteroatoms. The maximum atomic E-state index is 12.6. The molecule has 8 nitrogen and oxygen atoms in total. The van der Waals surface area contributed by atoms with Crippen molar-refractivity contribution in [1.29, 1.82) is 0 Å². The average Bonchev–Trinajstić information content (AvgIpc) is 2.80. The van der Waals surface area contributed by atoms with Crippen LogP contribution in [0.15, 0.2) is 18.2 Å². The molecule has 1 aromatic rings. The molecule has 146 valence electrons. The van der Waals surface area contributed by atoms with Gasteiger partial charge in [-0.3, -0.25) is 19.4 Å². The van der Waals surface area contributed by atoms with Crippen molar-refractivity contribution in [3.8, 4) is 5.75 Å². The van der Waals surface area contributed by atoms with Gasteiger partial charge in [0, 0.05) is 32.7 Å². The first-order valence-corrected chi connectivity index (χ1v) is 8.90. The monoisotopic (exact) mass is 375 g/mol. The van der Waals surface area contributed by atoms with E-state index in [1.807, 2.05) is 24.0 Å². The van der Waals surface area contributed by atoms with Gasteiger partial charge in [0.15, 0.2) is 0 Å². The number of urea groups is 1. The number of methoxy groups -OCH3 is 1. The van der Waals surface area contributed by atoms with Gasteiger partial charge < -0.3 is 14.7 Å². The summed E-state index contributed by atoms with van der Waals surface area (Å²) in [7, 11) is 4.64. The summed E-state index contributed by atoms with van der Waals surface area (Å²) in [5.74, 6) is -0.652. The van der Waals surface area contributed by atoms with Gasteiger partial charge in [0.05, 0.1) is 7.11 Å². The number of aliphatic carboxylic acids is 1. The van der Waals surface area contributed by atoms with Gasteiger partial charge in [-0.1, -0.05) is 17.7 Å². The van der Waals surface area contributed by atoms with E-state index in [4.69, 9.17) is 4.74 Å². The Bertz CT molecular complexity index is 786. The van der Waals surface area contributed by atoms with Crippen LogP contribution in [-0.4, -0.2) is 77.5 Å². The second-order valence-corrected chi connectivity index (χ2v) is 7.26. The molecule has 2 aliphatic heterocycles. The van der Waals surface area contributed by atoms with Gasteiger partial charge in [0.2, 0.25) is 0 Å². The third kappa shape index (κ3) is 2.93. The number of hydrogen-bond acceptors (Lipinski definition) is 5. The zero-order valence-electron chi connectivity index (χ0n) is 16.1. The van der Waals surface area contributed by atoms with Crippen molar-refractivity contribution in [1.82, 2.24) is 14.7 Å². The minimum atomic E-state index is -0.964. The lowest BCUT2D eigenvalue weighted by molar-refractivity contribution is -0.145. The van der Waals surface area contributed by atoms with E-state index in [0.717, 1.165) is 10.5 Å². The Morgan fingerprint density at radius 1 is 1.22 bits per heavy atom. The molecule has 2 aliphatic rings. The van der Waals surface area contributed by atoms with Gasteiger partial charge in [-0.2, -0.15) is 0 Å². The first-order chi connectivity index (χ1) is 12.7. The number of rotatable bonds is 4. The number of carboxylic acids is 1. The molecule has 0 aliphatic carbocycles. The fourth-order valence-corrected chi connectivity index (χ4v) is 4.21. The molecule has 3 amide bonds. The van der Waals surface area contributed by atoms with E-state index in [2.05, 4.69) is 0 Å². The van der Waals surface area contributed by atoms with Crippen LogP contribution in [0.1, 0.15) is 30.0 Å². The topological polar surface area (TPSA) is 90.4 Å². The highest BCUT2D eigenvalue weighted by Crippen LogP contribution is 2.39. The molecule has 2 heterocycles. The number of carbonyl (C=O) groups excluding carboxylic acids is 2. The lowest BCUT2D eigenvalue weighted by atomic mass is 9.85. The average molecular weight is 375 g/mol. The van der Waals surface area contributed by atoms with Crippen LogP contribution in [-0.2, 0) is 9.59 Å². The number of carbonyl (C=O) groups is 3. The number of likely N-dealkylation sites (tertiary alicyclic amines) is 1. The van der Waals surface area contributed by atoms with E-state index in [1.165, 1.54) is 19.1 Å². The minimum Gasteiger partial charge on any atom is -0.496 e.